The lowest BCUT2D eigenvalue weighted by molar-refractivity contribution is 0.373. The van der Waals surface area contributed by atoms with Crippen molar-refractivity contribution in [3.8, 4) is 22.8 Å². The van der Waals surface area contributed by atoms with E-state index in [1.165, 1.54) is 7.11 Å². The maximum atomic E-state index is 9.97. The molecule has 2 heterocycles. The third-order valence-corrected chi connectivity index (χ3v) is 5.71. The number of aromatic hydroxyl groups is 1. The number of hydrogen-bond donors (Lipinski definition) is 2. The number of pyridine rings is 1. The fourth-order valence-corrected chi connectivity index (χ4v) is 3.74. The van der Waals surface area contributed by atoms with Crippen LogP contribution in [0.3, 0.4) is 0 Å². The molecule has 0 aliphatic heterocycles. The van der Waals surface area contributed by atoms with Gasteiger partial charge in [0.05, 0.1) is 18.0 Å². The molecule has 0 fully saturated rings. The highest BCUT2D eigenvalue weighted by Crippen LogP contribution is 2.32. The number of fused-ring (bicyclic) bond motifs is 2. The van der Waals surface area contributed by atoms with Crippen LogP contribution in [0.2, 0.25) is 0 Å². The van der Waals surface area contributed by atoms with Crippen molar-refractivity contribution < 1.29 is 14.3 Å². The average molecular weight is 437 g/mol. The zero-order valence-corrected chi connectivity index (χ0v) is 18.6. The van der Waals surface area contributed by atoms with E-state index in [1.54, 1.807) is 18.2 Å². The van der Waals surface area contributed by atoms with E-state index in [0.717, 1.165) is 43.9 Å². The number of nitrogens with one attached hydrogen (secondary N) is 1. The number of anilines is 1. The minimum atomic E-state index is 0.0717. The second kappa shape index (κ2) is 8.31. The molecule has 33 heavy (non-hydrogen) atoms. The third-order valence-electron chi connectivity index (χ3n) is 5.71. The number of benzene rings is 3. The van der Waals surface area contributed by atoms with Gasteiger partial charge in [0.25, 0.3) is 0 Å². The lowest BCUT2D eigenvalue weighted by Crippen LogP contribution is -2.08. The molecule has 0 radical (unpaired) electrons. The first-order chi connectivity index (χ1) is 16.0. The number of aromatic nitrogens is 1. The smallest absolute Gasteiger partial charge is 0.161 e. The Morgan fingerprint density at radius 1 is 0.939 bits per heavy atom. The molecule has 0 bridgehead atoms. The van der Waals surface area contributed by atoms with Crippen LogP contribution < -0.4 is 15.5 Å². The maximum Gasteiger partial charge on any atom is 0.161 e. The minimum absolute atomic E-state index is 0.0717. The monoisotopic (exact) mass is 437 g/mol. The van der Waals surface area contributed by atoms with Gasteiger partial charge in [-0.3, -0.25) is 5.43 Å². The molecule has 2 aromatic heterocycles. The van der Waals surface area contributed by atoms with Gasteiger partial charge in [0, 0.05) is 22.4 Å². The van der Waals surface area contributed by atoms with Crippen LogP contribution in [0.25, 0.3) is 33.2 Å². The topological polar surface area (TPSA) is 79.9 Å². The van der Waals surface area contributed by atoms with Crippen LogP contribution in [0.4, 0.5) is 5.82 Å². The molecule has 0 aliphatic carbocycles. The van der Waals surface area contributed by atoms with Crippen molar-refractivity contribution in [2.45, 2.75) is 13.8 Å². The summed E-state index contributed by atoms with van der Waals surface area (Å²) in [5.74, 6) is 1.71. The maximum absolute atomic E-state index is 9.97. The molecule has 0 unspecified atom stereocenters. The summed E-state index contributed by atoms with van der Waals surface area (Å²) in [5, 5.41) is 17.3. The van der Waals surface area contributed by atoms with Gasteiger partial charge in [-0.15, -0.1) is 0 Å². The SMILES string of the molecule is COc1cc(-c2cc(=NNc3ccc4ccccc4n3)c3cc(C)c(C)cc3o2)ccc1O. The first-order valence-electron chi connectivity index (χ1n) is 10.6. The highest BCUT2D eigenvalue weighted by molar-refractivity contribution is 5.81. The number of rotatable bonds is 4. The minimum Gasteiger partial charge on any atom is -0.504 e. The van der Waals surface area contributed by atoms with Crippen molar-refractivity contribution in [1.29, 1.82) is 0 Å². The largest absolute Gasteiger partial charge is 0.504 e. The predicted molar refractivity (Wildman–Crippen MR) is 130 cm³/mol. The van der Waals surface area contributed by atoms with Gasteiger partial charge in [0.1, 0.15) is 17.2 Å². The second-order valence-corrected chi connectivity index (χ2v) is 7.93. The van der Waals surface area contributed by atoms with E-state index in [2.05, 4.69) is 35.4 Å². The predicted octanol–water partition coefficient (Wildman–Crippen LogP) is 5.91. The molecule has 2 N–H and O–H groups in total. The Morgan fingerprint density at radius 2 is 1.76 bits per heavy atom. The van der Waals surface area contributed by atoms with Gasteiger partial charge in [0.15, 0.2) is 11.5 Å². The number of phenolic OH excluding ortho intramolecular Hbond substituents is 1. The van der Waals surface area contributed by atoms with Gasteiger partial charge in [-0.25, -0.2) is 4.98 Å². The highest BCUT2D eigenvalue weighted by Gasteiger charge is 2.11. The first-order valence-corrected chi connectivity index (χ1v) is 10.6. The van der Waals surface area contributed by atoms with Crippen molar-refractivity contribution in [1.82, 2.24) is 4.98 Å². The molecule has 6 heteroatoms. The molecule has 0 saturated heterocycles. The van der Waals surface area contributed by atoms with E-state index in [1.807, 2.05) is 48.5 Å². The quantitative estimate of drug-likeness (QED) is 0.342. The van der Waals surface area contributed by atoms with Gasteiger partial charge >= 0.3 is 0 Å². The summed E-state index contributed by atoms with van der Waals surface area (Å²) in [6.07, 6.45) is 0. The lowest BCUT2D eigenvalue weighted by atomic mass is 10.1. The first kappa shape index (κ1) is 20.6. The third kappa shape index (κ3) is 3.99. The average Bonchev–Trinajstić information content (AvgIpc) is 2.83. The van der Waals surface area contributed by atoms with E-state index in [-0.39, 0.29) is 5.75 Å². The zero-order chi connectivity index (χ0) is 22.9. The van der Waals surface area contributed by atoms with Crippen molar-refractivity contribution >= 4 is 27.7 Å². The van der Waals surface area contributed by atoms with Crippen molar-refractivity contribution in [2.24, 2.45) is 5.10 Å². The van der Waals surface area contributed by atoms with Crippen LogP contribution in [-0.4, -0.2) is 17.2 Å². The van der Waals surface area contributed by atoms with E-state index in [9.17, 15) is 5.11 Å². The fraction of sp³-hybridized carbons (Fsp3) is 0.111. The van der Waals surface area contributed by atoms with Gasteiger partial charge < -0.3 is 14.3 Å². The Kier molecular flexibility index (Phi) is 5.18. The van der Waals surface area contributed by atoms with Gasteiger partial charge in [-0.05, 0) is 73.5 Å². The number of para-hydroxylation sites is 1. The normalized spacial score (nSPS) is 11.8. The molecule has 6 nitrogen and oxygen atoms in total. The summed E-state index contributed by atoms with van der Waals surface area (Å²) in [4.78, 5) is 4.64. The standard InChI is InChI=1S/C27H23N3O3/c1-16-12-20-22(29-30-27-11-9-18-6-4-5-7-21(18)28-27)15-24(33-25(20)13-17(16)2)19-8-10-23(31)26(14-19)32-3/h4-15,31H,1-3H3,(H,28,30). The Hall–Kier alpha value is -4.32. The number of ether oxygens (including phenoxy) is 1. The van der Waals surface area contributed by atoms with Crippen LogP contribution in [-0.2, 0) is 0 Å². The number of methoxy groups -OCH3 is 1. The van der Waals surface area contributed by atoms with E-state index < -0.39 is 0 Å². The second-order valence-electron chi connectivity index (χ2n) is 7.93. The summed E-state index contributed by atoms with van der Waals surface area (Å²) >= 11 is 0. The highest BCUT2D eigenvalue weighted by atomic mass is 16.5. The summed E-state index contributed by atoms with van der Waals surface area (Å²) in [5.41, 5.74) is 7.76. The van der Waals surface area contributed by atoms with E-state index >= 15 is 0 Å². The number of phenols is 1. The lowest BCUT2D eigenvalue weighted by Gasteiger charge is -2.10. The van der Waals surface area contributed by atoms with Crippen molar-refractivity contribution in [3.05, 3.63) is 89.3 Å². The molecule has 5 rings (SSSR count). The van der Waals surface area contributed by atoms with Gasteiger partial charge in [-0.1, -0.05) is 18.2 Å². The summed E-state index contributed by atoms with van der Waals surface area (Å²) in [6, 6.07) is 22.9. The van der Waals surface area contributed by atoms with Crippen LogP contribution in [0.1, 0.15) is 11.1 Å². The van der Waals surface area contributed by atoms with Crippen LogP contribution >= 0.6 is 0 Å². The Morgan fingerprint density at radius 3 is 2.61 bits per heavy atom. The van der Waals surface area contributed by atoms with Crippen molar-refractivity contribution in [3.63, 3.8) is 0 Å². The van der Waals surface area contributed by atoms with Crippen LogP contribution in [0.15, 0.2) is 82.3 Å². The summed E-state index contributed by atoms with van der Waals surface area (Å²) < 4.78 is 11.5. The van der Waals surface area contributed by atoms with Crippen LogP contribution in [0.5, 0.6) is 11.5 Å². The number of hydrogen-bond acceptors (Lipinski definition) is 6. The number of aryl methyl sites for hydroxylation is 2. The molecule has 0 atom stereocenters. The number of nitrogens with zero attached hydrogens (tertiary/aromatic N) is 2. The molecule has 164 valence electrons. The van der Waals surface area contributed by atoms with E-state index in [0.29, 0.717) is 17.3 Å². The van der Waals surface area contributed by atoms with Crippen molar-refractivity contribution in [2.75, 3.05) is 12.5 Å². The molecule has 0 aliphatic rings. The van der Waals surface area contributed by atoms with Gasteiger partial charge in [0.2, 0.25) is 0 Å². The zero-order valence-electron chi connectivity index (χ0n) is 18.6. The van der Waals surface area contributed by atoms with E-state index in [4.69, 9.17) is 9.15 Å². The Bertz CT molecular complexity index is 1570. The fourth-order valence-electron chi connectivity index (χ4n) is 3.74. The molecular formula is C27H23N3O3. The summed E-state index contributed by atoms with van der Waals surface area (Å²) in [7, 11) is 1.52. The summed E-state index contributed by atoms with van der Waals surface area (Å²) in [6.45, 7) is 4.12. The molecule has 3 aromatic carbocycles. The van der Waals surface area contributed by atoms with Gasteiger partial charge in [-0.2, -0.15) is 5.10 Å². The molecule has 0 amide bonds. The molecular weight excluding hydrogens is 414 g/mol. The van der Waals surface area contributed by atoms with Crippen LogP contribution in [0, 0.1) is 13.8 Å². The Labute approximate surface area is 190 Å². The Balaban J connectivity index is 1.66. The molecule has 5 aromatic rings. The molecule has 0 spiro atoms. The molecule has 0 saturated carbocycles.